The number of primary amides is 1. The summed E-state index contributed by atoms with van der Waals surface area (Å²) < 4.78 is 12.2. The second kappa shape index (κ2) is 6.05. The Morgan fingerprint density at radius 2 is 1.95 bits per heavy atom. The van der Waals surface area contributed by atoms with Gasteiger partial charge in [0.25, 0.3) is 5.91 Å². The molecule has 1 heterocycles. The lowest BCUT2D eigenvalue weighted by molar-refractivity contribution is 0.0995. The van der Waals surface area contributed by atoms with Gasteiger partial charge in [0.2, 0.25) is 0 Å². The number of rotatable bonds is 6. The van der Waals surface area contributed by atoms with Crippen LogP contribution in [0.5, 0.6) is 11.5 Å². The van der Waals surface area contributed by atoms with Crippen LogP contribution in [0, 0.1) is 6.92 Å². The summed E-state index contributed by atoms with van der Waals surface area (Å²) in [5.74, 6) is 0.930. The van der Waals surface area contributed by atoms with E-state index in [4.69, 9.17) is 15.2 Å². The molecule has 0 aliphatic heterocycles. The number of nitrogens with zero attached hydrogens (tertiary/aromatic N) is 3. The third-order valence-corrected chi connectivity index (χ3v) is 2.85. The van der Waals surface area contributed by atoms with Gasteiger partial charge in [-0.15, -0.1) is 5.10 Å². The minimum absolute atomic E-state index is 0.189. The van der Waals surface area contributed by atoms with Crippen LogP contribution in [0.25, 0.3) is 0 Å². The SMILES string of the molecule is COc1ccc(OCCn2nnc(C(N)=O)c2C)cc1. The normalized spacial score (nSPS) is 10.3. The molecule has 0 saturated heterocycles. The van der Waals surface area contributed by atoms with Crippen LogP contribution < -0.4 is 15.2 Å². The van der Waals surface area contributed by atoms with Gasteiger partial charge in [0.15, 0.2) is 5.69 Å². The molecule has 0 atom stereocenters. The molecular weight excluding hydrogens is 260 g/mol. The highest BCUT2D eigenvalue weighted by molar-refractivity contribution is 5.91. The first kappa shape index (κ1) is 13.9. The van der Waals surface area contributed by atoms with Gasteiger partial charge < -0.3 is 15.2 Å². The van der Waals surface area contributed by atoms with Crippen LogP contribution >= 0.6 is 0 Å². The Bertz CT molecular complexity index is 592. The topological polar surface area (TPSA) is 92.3 Å². The molecule has 0 fully saturated rings. The van der Waals surface area contributed by atoms with E-state index in [2.05, 4.69) is 10.3 Å². The van der Waals surface area contributed by atoms with E-state index in [1.807, 2.05) is 24.3 Å². The molecule has 0 unspecified atom stereocenters. The summed E-state index contributed by atoms with van der Waals surface area (Å²) >= 11 is 0. The Kier molecular flexibility index (Phi) is 4.19. The second-order valence-electron chi connectivity index (χ2n) is 4.13. The lowest BCUT2D eigenvalue weighted by atomic mass is 10.3. The fourth-order valence-corrected chi connectivity index (χ4v) is 1.72. The van der Waals surface area contributed by atoms with Gasteiger partial charge in [-0.2, -0.15) is 0 Å². The summed E-state index contributed by atoms with van der Waals surface area (Å²) in [6, 6.07) is 7.28. The smallest absolute Gasteiger partial charge is 0.271 e. The van der Waals surface area contributed by atoms with Gasteiger partial charge >= 0.3 is 0 Å². The number of hydrogen-bond acceptors (Lipinski definition) is 5. The highest BCUT2D eigenvalue weighted by Crippen LogP contribution is 2.16. The fraction of sp³-hybridized carbons (Fsp3) is 0.308. The largest absolute Gasteiger partial charge is 0.497 e. The number of hydrogen-bond donors (Lipinski definition) is 1. The van der Waals surface area contributed by atoms with Crippen molar-refractivity contribution < 1.29 is 14.3 Å². The molecule has 7 nitrogen and oxygen atoms in total. The molecule has 0 aliphatic carbocycles. The van der Waals surface area contributed by atoms with E-state index >= 15 is 0 Å². The zero-order valence-corrected chi connectivity index (χ0v) is 11.4. The molecule has 20 heavy (non-hydrogen) atoms. The predicted molar refractivity (Wildman–Crippen MR) is 71.8 cm³/mol. The molecule has 2 aromatic rings. The number of aromatic nitrogens is 3. The van der Waals surface area contributed by atoms with Gasteiger partial charge in [0.1, 0.15) is 18.1 Å². The fourth-order valence-electron chi connectivity index (χ4n) is 1.72. The molecule has 0 bridgehead atoms. The van der Waals surface area contributed by atoms with Crippen LogP contribution in [0.3, 0.4) is 0 Å². The van der Waals surface area contributed by atoms with Crippen molar-refractivity contribution in [2.24, 2.45) is 5.73 Å². The van der Waals surface area contributed by atoms with Crippen LogP contribution in [0.15, 0.2) is 24.3 Å². The highest BCUT2D eigenvalue weighted by Gasteiger charge is 2.12. The summed E-state index contributed by atoms with van der Waals surface area (Å²) in [4.78, 5) is 11.1. The molecule has 2 rings (SSSR count). The first-order chi connectivity index (χ1) is 9.61. The van der Waals surface area contributed by atoms with E-state index in [1.54, 1.807) is 18.7 Å². The molecule has 0 aliphatic rings. The summed E-state index contributed by atoms with van der Waals surface area (Å²) in [6.45, 7) is 2.64. The third kappa shape index (κ3) is 3.05. The zero-order valence-electron chi connectivity index (χ0n) is 11.4. The molecule has 0 spiro atoms. The second-order valence-corrected chi connectivity index (χ2v) is 4.13. The highest BCUT2D eigenvalue weighted by atomic mass is 16.5. The van der Waals surface area contributed by atoms with E-state index in [-0.39, 0.29) is 5.69 Å². The standard InChI is InChI=1S/C13H16N4O3/c1-9-12(13(14)18)15-16-17(9)7-8-20-11-5-3-10(19-2)4-6-11/h3-6H,7-8H2,1-2H3,(H2,14,18). The van der Waals surface area contributed by atoms with Crippen molar-refractivity contribution in [1.29, 1.82) is 0 Å². The van der Waals surface area contributed by atoms with Crippen LogP contribution in [0.2, 0.25) is 0 Å². The Morgan fingerprint density at radius 3 is 2.50 bits per heavy atom. The number of amides is 1. The lowest BCUT2D eigenvalue weighted by Crippen LogP contribution is -2.15. The number of ether oxygens (including phenoxy) is 2. The lowest BCUT2D eigenvalue weighted by Gasteiger charge is -2.07. The van der Waals surface area contributed by atoms with Crippen molar-refractivity contribution in [2.75, 3.05) is 13.7 Å². The quantitative estimate of drug-likeness (QED) is 0.841. The summed E-state index contributed by atoms with van der Waals surface area (Å²) in [7, 11) is 1.61. The third-order valence-electron chi connectivity index (χ3n) is 2.85. The van der Waals surface area contributed by atoms with Gasteiger partial charge in [0, 0.05) is 0 Å². The van der Waals surface area contributed by atoms with E-state index in [1.165, 1.54) is 0 Å². The number of carbonyl (C=O) groups is 1. The van der Waals surface area contributed by atoms with Gasteiger partial charge in [-0.1, -0.05) is 5.21 Å². The average Bonchev–Trinajstić information content (AvgIpc) is 2.81. The van der Waals surface area contributed by atoms with Crippen molar-refractivity contribution in [3.63, 3.8) is 0 Å². The minimum atomic E-state index is -0.579. The Labute approximate surface area is 116 Å². The Morgan fingerprint density at radius 1 is 1.30 bits per heavy atom. The molecule has 106 valence electrons. The number of benzene rings is 1. The molecular formula is C13H16N4O3. The summed E-state index contributed by atoms with van der Waals surface area (Å²) in [6.07, 6.45) is 0. The van der Waals surface area contributed by atoms with Crippen molar-refractivity contribution in [3.05, 3.63) is 35.7 Å². The van der Waals surface area contributed by atoms with Gasteiger partial charge in [0.05, 0.1) is 19.3 Å². The number of carbonyl (C=O) groups excluding carboxylic acids is 1. The molecule has 1 aromatic carbocycles. The molecule has 0 radical (unpaired) electrons. The van der Waals surface area contributed by atoms with Gasteiger partial charge in [-0.05, 0) is 31.2 Å². The molecule has 1 amide bonds. The molecule has 0 saturated carbocycles. The van der Waals surface area contributed by atoms with E-state index in [9.17, 15) is 4.79 Å². The summed E-state index contributed by atoms with van der Waals surface area (Å²) in [5, 5.41) is 7.59. The predicted octanol–water partition coefficient (Wildman–Crippen LogP) is 0.773. The van der Waals surface area contributed by atoms with Gasteiger partial charge in [-0.25, -0.2) is 4.68 Å². The van der Waals surface area contributed by atoms with E-state index < -0.39 is 5.91 Å². The van der Waals surface area contributed by atoms with Crippen LogP contribution in [-0.4, -0.2) is 34.6 Å². The average molecular weight is 276 g/mol. The van der Waals surface area contributed by atoms with Gasteiger partial charge in [-0.3, -0.25) is 4.79 Å². The first-order valence-corrected chi connectivity index (χ1v) is 6.08. The van der Waals surface area contributed by atoms with E-state index in [0.717, 1.165) is 11.5 Å². The van der Waals surface area contributed by atoms with Crippen molar-refractivity contribution in [3.8, 4) is 11.5 Å². The monoisotopic (exact) mass is 276 g/mol. The maximum Gasteiger partial charge on any atom is 0.271 e. The molecule has 7 heteroatoms. The van der Waals surface area contributed by atoms with Crippen LogP contribution in [0.4, 0.5) is 0 Å². The molecule has 2 N–H and O–H groups in total. The number of methoxy groups -OCH3 is 1. The summed E-state index contributed by atoms with van der Waals surface area (Å²) in [5.41, 5.74) is 6.00. The minimum Gasteiger partial charge on any atom is -0.497 e. The first-order valence-electron chi connectivity index (χ1n) is 6.08. The van der Waals surface area contributed by atoms with Crippen molar-refractivity contribution in [2.45, 2.75) is 13.5 Å². The van der Waals surface area contributed by atoms with Crippen LogP contribution in [-0.2, 0) is 6.54 Å². The maximum absolute atomic E-state index is 11.1. The Balaban J connectivity index is 1.90. The maximum atomic E-state index is 11.1. The van der Waals surface area contributed by atoms with Crippen molar-refractivity contribution >= 4 is 5.91 Å². The zero-order chi connectivity index (χ0) is 14.5. The number of nitrogens with two attached hydrogens (primary N) is 1. The van der Waals surface area contributed by atoms with Crippen molar-refractivity contribution in [1.82, 2.24) is 15.0 Å². The van der Waals surface area contributed by atoms with E-state index in [0.29, 0.717) is 18.8 Å². The van der Waals surface area contributed by atoms with Crippen LogP contribution in [0.1, 0.15) is 16.2 Å². The Hall–Kier alpha value is -2.57. The molecule has 1 aromatic heterocycles.